The lowest BCUT2D eigenvalue weighted by Crippen LogP contribution is -2.34. The third kappa shape index (κ3) is 7.75. The summed E-state index contributed by atoms with van der Waals surface area (Å²) >= 11 is 0. The van der Waals surface area contributed by atoms with Crippen molar-refractivity contribution in [3.05, 3.63) is 0 Å². The summed E-state index contributed by atoms with van der Waals surface area (Å²) in [6.45, 7) is 3.43. The Kier molecular flexibility index (Phi) is 2.97. The van der Waals surface area contributed by atoms with Gasteiger partial charge < -0.3 is 0 Å². The second-order valence-corrected chi connectivity index (χ2v) is 2.27. The highest BCUT2D eigenvalue weighted by Gasteiger charge is 2.25. The highest BCUT2D eigenvalue weighted by Crippen LogP contribution is 2.09. The van der Waals surface area contributed by atoms with Crippen LogP contribution in [-0.2, 0) is 0 Å². The van der Waals surface area contributed by atoms with Crippen LogP contribution < -0.4 is 5.32 Å². The van der Waals surface area contributed by atoms with Gasteiger partial charge in [-0.05, 0) is 5.92 Å². The fraction of sp³-hybridized carbons (Fsp3) is 1.00. The van der Waals surface area contributed by atoms with E-state index in [-0.39, 0.29) is 12.5 Å². The molecule has 0 aliphatic carbocycles. The summed E-state index contributed by atoms with van der Waals surface area (Å²) in [4.78, 5) is 0. The van der Waals surface area contributed by atoms with Crippen LogP contribution in [0.2, 0.25) is 0 Å². The van der Waals surface area contributed by atoms with Crippen LogP contribution >= 0.6 is 0 Å². The number of hydrogen-bond donors (Lipinski definition) is 1. The first-order valence-corrected chi connectivity index (χ1v) is 2.73. The molecule has 0 unspecified atom stereocenters. The van der Waals surface area contributed by atoms with Crippen LogP contribution in [0.4, 0.5) is 13.2 Å². The largest absolute Gasteiger partial charge is 0.457 e. The van der Waals surface area contributed by atoms with E-state index in [2.05, 4.69) is 0 Å². The Bertz CT molecular complexity index is 76.8. The average Bonchev–Trinajstić information content (AvgIpc) is 1.59. The van der Waals surface area contributed by atoms with Crippen molar-refractivity contribution in [3.8, 4) is 0 Å². The molecule has 0 fully saturated rings. The predicted octanol–water partition coefficient (Wildman–Crippen LogP) is 1.75. The molecule has 0 atom stereocenters. The topological polar surface area (TPSA) is 12.0 Å². The molecule has 0 heterocycles. The lowest BCUT2D eigenvalue weighted by molar-refractivity contribution is -0.158. The van der Waals surface area contributed by atoms with Gasteiger partial charge in [0.05, 0.1) is 0 Å². The molecule has 1 nitrogen and oxygen atoms in total. The first-order valence-electron chi connectivity index (χ1n) is 2.73. The number of rotatable bonds is 2. The Morgan fingerprint density at radius 3 is 1.89 bits per heavy atom. The second kappa shape index (κ2) is 3.06. The first kappa shape index (κ1) is 8.75. The van der Waals surface area contributed by atoms with Gasteiger partial charge in [0.15, 0.2) is 0 Å². The zero-order valence-electron chi connectivity index (χ0n) is 5.42. The maximum atomic E-state index is 11.3. The van der Waals surface area contributed by atoms with Gasteiger partial charge in [0.2, 0.25) is 0 Å². The molecule has 4 heteroatoms. The summed E-state index contributed by atoms with van der Waals surface area (Å²) < 4.78 is 33.9. The maximum Gasteiger partial charge on any atom is 0.457 e. The van der Waals surface area contributed by atoms with E-state index in [4.69, 9.17) is 0 Å². The molecule has 1 N–H and O–H groups in total. The van der Waals surface area contributed by atoms with E-state index in [1.165, 1.54) is 5.32 Å². The Hall–Kier alpha value is -0.250. The van der Waals surface area contributed by atoms with Gasteiger partial charge in [0.1, 0.15) is 0 Å². The van der Waals surface area contributed by atoms with Gasteiger partial charge in [0, 0.05) is 6.54 Å². The number of alkyl halides is 3. The summed E-state index contributed by atoms with van der Waals surface area (Å²) in [5.41, 5.74) is 0. The Morgan fingerprint density at radius 1 is 1.33 bits per heavy atom. The number of hydrogen-bond acceptors (Lipinski definition) is 1. The van der Waals surface area contributed by atoms with E-state index in [0.29, 0.717) is 0 Å². The molecule has 56 valence electrons. The van der Waals surface area contributed by atoms with Crippen molar-refractivity contribution < 1.29 is 13.2 Å². The molecule has 0 rings (SSSR count). The molecule has 0 aliphatic rings. The molecule has 0 aromatic heterocycles. The first-order chi connectivity index (χ1) is 3.92. The van der Waals surface area contributed by atoms with E-state index in [1.807, 2.05) is 0 Å². The zero-order valence-corrected chi connectivity index (χ0v) is 5.42. The highest BCUT2D eigenvalue weighted by atomic mass is 19.4. The van der Waals surface area contributed by atoms with Crippen molar-refractivity contribution in [2.75, 3.05) is 6.54 Å². The smallest absolute Gasteiger partial charge is 0.228 e. The van der Waals surface area contributed by atoms with Crippen LogP contribution in [-0.4, -0.2) is 12.8 Å². The lowest BCUT2D eigenvalue weighted by Gasteiger charge is -2.09. The van der Waals surface area contributed by atoms with Gasteiger partial charge >= 0.3 is 6.30 Å². The highest BCUT2D eigenvalue weighted by molar-refractivity contribution is 4.51. The van der Waals surface area contributed by atoms with Gasteiger partial charge in [-0.3, -0.25) is 0 Å². The van der Waals surface area contributed by atoms with Crippen molar-refractivity contribution in [3.63, 3.8) is 0 Å². The minimum absolute atomic E-state index is 0.0104. The van der Waals surface area contributed by atoms with Crippen LogP contribution in [0, 0.1) is 5.92 Å². The predicted molar refractivity (Wildman–Crippen MR) is 28.9 cm³/mol. The molecule has 0 saturated heterocycles. The molecule has 0 aromatic rings. The summed E-state index contributed by atoms with van der Waals surface area (Å²) in [5, 5.41) is 1.42. The van der Waals surface area contributed by atoms with Gasteiger partial charge in [-0.25, -0.2) is 5.32 Å². The van der Waals surface area contributed by atoms with Gasteiger partial charge in [-0.1, -0.05) is 13.8 Å². The zero-order chi connectivity index (χ0) is 7.49. The molecular weight excluding hydrogens is 131 g/mol. The molecule has 9 heavy (non-hydrogen) atoms. The summed E-state index contributed by atoms with van der Waals surface area (Å²) in [6, 6.07) is 0. The second-order valence-electron chi connectivity index (χ2n) is 2.27. The van der Waals surface area contributed by atoms with E-state index < -0.39 is 6.30 Å². The summed E-state index contributed by atoms with van der Waals surface area (Å²) in [6.07, 6.45) is -4.22. The third-order valence-electron chi connectivity index (χ3n) is 0.711. The minimum atomic E-state index is -4.22. The SMILES string of the molecule is CC(C)CNC(F)(F)F. The quantitative estimate of drug-likeness (QED) is 0.577. The molecule has 0 aromatic carbocycles. The van der Waals surface area contributed by atoms with E-state index in [1.54, 1.807) is 13.8 Å². The van der Waals surface area contributed by atoms with Gasteiger partial charge in [-0.15, -0.1) is 0 Å². The van der Waals surface area contributed by atoms with Crippen molar-refractivity contribution >= 4 is 0 Å². The van der Waals surface area contributed by atoms with Crippen molar-refractivity contribution in [1.82, 2.24) is 5.32 Å². The Balaban J connectivity index is 3.28. The Labute approximate surface area is 52.2 Å². The summed E-state index contributed by atoms with van der Waals surface area (Å²) in [5.74, 6) is 0.0339. The normalized spacial score (nSPS) is 12.7. The van der Waals surface area contributed by atoms with Crippen LogP contribution in [0.5, 0.6) is 0 Å². The third-order valence-corrected chi connectivity index (χ3v) is 0.711. The fourth-order valence-electron chi connectivity index (χ4n) is 0.320. The molecule has 0 spiro atoms. The van der Waals surface area contributed by atoms with Crippen LogP contribution in [0.25, 0.3) is 0 Å². The average molecular weight is 141 g/mol. The van der Waals surface area contributed by atoms with Crippen molar-refractivity contribution in [2.24, 2.45) is 5.92 Å². The van der Waals surface area contributed by atoms with Gasteiger partial charge in [0.25, 0.3) is 0 Å². The van der Waals surface area contributed by atoms with E-state index in [9.17, 15) is 13.2 Å². The molecule has 0 aliphatic heterocycles. The summed E-state index contributed by atoms with van der Waals surface area (Å²) in [7, 11) is 0. The minimum Gasteiger partial charge on any atom is -0.228 e. The number of nitrogens with one attached hydrogen (secondary N) is 1. The van der Waals surface area contributed by atoms with Crippen LogP contribution in [0.3, 0.4) is 0 Å². The molecule has 0 radical (unpaired) electrons. The maximum absolute atomic E-state index is 11.3. The van der Waals surface area contributed by atoms with Crippen LogP contribution in [0.15, 0.2) is 0 Å². The monoisotopic (exact) mass is 141 g/mol. The molecule has 0 bridgehead atoms. The standard InChI is InChI=1S/C5H10F3N/c1-4(2)3-9-5(6,7)8/h4,9H,3H2,1-2H3. The van der Waals surface area contributed by atoms with Crippen LogP contribution in [0.1, 0.15) is 13.8 Å². The lowest BCUT2D eigenvalue weighted by atomic mass is 10.2. The van der Waals surface area contributed by atoms with Crippen molar-refractivity contribution in [1.29, 1.82) is 0 Å². The number of halogens is 3. The van der Waals surface area contributed by atoms with E-state index in [0.717, 1.165) is 0 Å². The molecule has 0 amide bonds. The van der Waals surface area contributed by atoms with E-state index >= 15 is 0 Å². The Morgan fingerprint density at radius 2 is 1.78 bits per heavy atom. The molecular formula is C5H10F3N. The van der Waals surface area contributed by atoms with Crippen molar-refractivity contribution in [2.45, 2.75) is 20.1 Å². The fourth-order valence-corrected chi connectivity index (χ4v) is 0.320. The molecule has 0 saturated carbocycles. The van der Waals surface area contributed by atoms with Gasteiger partial charge in [-0.2, -0.15) is 13.2 Å².